The van der Waals surface area contributed by atoms with E-state index in [2.05, 4.69) is 15.5 Å². The van der Waals surface area contributed by atoms with Gasteiger partial charge in [0.05, 0.1) is 18.9 Å². The lowest BCUT2D eigenvalue weighted by molar-refractivity contribution is 0.101. The zero-order chi connectivity index (χ0) is 19.9. The number of rotatable bonds is 9. The molecular formula is C19H20N4O4S. The summed E-state index contributed by atoms with van der Waals surface area (Å²) in [6, 6.07) is 14.5. The second-order valence-electron chi connectivity index (χ2n) is 5.91. The smallest absolute Gasteiger partial charge is 0.214 e. The molecule has 0 bridgehead atoms. The molecule has 0 radical (unpaired) electrons. The lowest BCUT2D eigenvalue weighted by Crippen LogP contribution is -2.20. The van der Waals surface area contributed by atoms with Gasteiger partial charge in [-0.05, 0) is 47.7 Å². The van der Waals surface area contributed by atoms with Gasteiger partial charge in [0.2, 0.25) is 5.16 Å². The number of carbonyl (C=O) groups is 1. The van der Waals surface area contributed by atoms with Crippen molar-refractivity contribution >= 4 is 17.5 Å². The highest BCUT2D eigenvalue weighted by Crippen LogP contribution is 2.28. The van der Waals surface area contributed by atoms with Gasteiger partial charge in [-0.1, -0.05) is 30.0 Å². The highest BCUT2D eigenvalue weighted by atomic mass is 32.2. The fourth-order valence-corrected chi connectivity index (χ4v) is 3.21. The van der Waals surface area contributed by atoms with Gasteiger partial charge in [0.1, 0.15) is 6.61 Å². The van der Waals surface area contributed by atoms with E-state index in [9.17, 15) is 9.90 Å². The Morgan fingerprint density at radius 1 is 1.21 bits per heavy atom. The van der Waals surface area contributed by atoms with Crippen molar-refractivity contribution in [1.82, 2.24) is 20.2 Å². The zero-order valence-electron chi connectivity index (χ0n) is 15.5. The van der Waals surface area contributed by atoms with Crippen LogP contribution < -0.4 is 9.47 Å². The molecule has 0 saturated carbocycles. The number of aromatic nitrogens is 4. The lowest BCUT2D eigenvalue weighted by atomic mass is 10.1. The van der Waals surface area contributed by atoms with Crippen molar-refractivity contribution in [1.29, 1.82) is 0 Å². The maximum absolute atomic E-state index is 11.5. The summed E-state index contributed by atoms with van der Waals surface area (Å²) < 4.78 is 12.5. The lowest BCUT2D eigenvalue weighted by Gasteiger charge is -2.14. The second-order valence-corrected chi connectivity index (χ2v) is 6.89. The molecule has 0 amide bonds. The van der Waals surface area contributed by atoms with E-state index < -0.39 is 6.10 Å². The fraction of sp³-hybridized carbons (Fsp3) is 0.263. The van der Waals surface area contributed by atoms with Crippen LogP contribution in [0.2, 0.25) is 0 Å². The summed E-state index contributed by atoms with van der Waals surface area (Å²) in [6.07, 6.45) is -0.747. The number of ketones is 1. The maximum atomic E-state index is 11.5. The largest absolute Gasteiger partial charge is 0.493 e. The molecule has 3 aromatic rings. The molecule has 0 aliphatic rings. The van der Waals surface area contributed by atoms with Crippen molar-refractivity contribution in [3.05, 3.63) is 54.1 Å². The Morgan fingerprint density at radius 2 is 2.00 bits per heavy atom. The summed E-state index contributed by atoms with van der Waals surface area (Å²) in [4.78, 5) is 11.5. The monoisotopic (exact) mass is 400 g/mol. The minimum atomic E-state index is -0.747. The van der Waals surface area contributed by atoms with Crippen LogP contribution in [0.3, 0.4) is 0 Å². The summed E-state index contributed by atoms with van der Waals surface area (Å²) in [7, 11) is 1.50. The molecule has 2 aromatic carbocycles. The van der Waals surface area contributed by atoms with Gasteiger partial charge in [-0.3, -0.25) is 4.79 Å². The highest BCUT2D eigenvalue weighted by Gasteiger charge is 2.14. The van der Waals surface area contributed by atoms with E-state index in [-0.39, 0.29) is 12.4 Å². The van der Waals surface area contributed by atoms with Crippen molar-refractivity contribution in [2.24, 2.45) is 0 Å². The third-order valence-corrected chi connectivity index (χ3v) is 4.91. The summed E-state index contributed by atoms with van der Waals surface area (Å²) >= 11 is 1.33. The number of methoxy groups -OCH3 is 1. The quantitative estimate of drug-likeness (QED) is 0.432. The highest BCUT2D eigenvalue weighted by molar-refractivity contribution is 7.99. The van der Waals surface area contributed by atoms with Crippen LogP contribution in [0, 0.1) is 0 Å². The summed E-state index contributed by atoms with van der Waals surface area (Å²) in [5, 5.41) is 22.5. The van der Waals surface area contributed by atoms with Gasteiger partial charge in [0.15, 0.2) is 17.3 Å². The minimum absolute atomic E-state index is 0.0579. The van der Waals surface area contributed by atoms with Crippen molar-refractivity contribution < 1.29 is 19.4 Å². The molecule has 8 nitrogen and oxygen atoms in total. The molecule has 1 unspecified atom stereocenters. The molecule has 1 heterocycles. The average Bonchev–Trinajstić information content (AvgIpc) is 3.19. The van der Waals surface area contributed by atoms with Gasteiger partial charge < -0.3 is 14.6 Å². The Balaban J connectivity index is 1.57. The van der Waals surface area contributed by atoms with Gasteiger partial charge in [-0.25, -0.2) is 0 Å². The molecule has 28 heavy (non-hydrogen) atoms. The Morgan fingerprint density at radius 3 is 2.71 bits per heavy atom. The normalized spacial score (nSPS) is 11.8. The first-order valence-electron chi connectivity index (χ1n) is 8.55. The number of hydrogen-bond donors (Lipinski definition) is 1. The topological polar surface area (TPSA) is 99.4 Å². The first-order chi connectivity index (χ1) is 13.6. The van der Waals surface area contributed by atoms with Crippen LogP contribution in [-0.2, 0) is 0 Å². The van der Waals surface area contributed by atoms with E-state index >= 15 is 0 Å². The van der Waals surface area contributed by atoms with E-state index in [4.69, 9.17) is 9.47 Å². The predicted molar refractivity (Wildman–Crippen MR) is 104 cm³/mol. The number of thioether (sulfide) groups is 1. The zero-order valence-corrected chi connectivity index (χ0v) is 16.3. The third kappa shape index (κ3) is 4.87. The Hall–Kier alpha value is -2.91. The fourth-order valence-electron chi connectivity index (χ4n) is 2.41. The van der Waals surface area contributed by atoms with Crippen LogP contribution in [-0.4, -0.2) is 56.7 Å². The molecule has 0 fully saturated rings. The summed E-state index contributed by atoms with van der Waals surface area (Å²) in [5.74, 6) is 1.20. The molecule has 1 atom stereocenters. The third-order valence-electron chi connectivity index (χ3n) is 3.85. The van der Waals surface area contributed by atoms with Crippen molar-refractivity contribution in [2.45, 2.75) is 18.2 Å². The molecule has 0 aliphatic carbocycles. The van der Waals surface area contributed by atoms with Gasteiger partial charge in [-0.15, -0.1) is 5.10 Å². The van der Waals surface area contributed by atoms with Crippen molar-refractivity contribution in [3.8, 4) is 17.2 Å². The van der Waals surface area contributed by atoms with Gasteiger partial charge >= 0.3 is 0 Å². The van der Waals surface area contributed by atoms with Crippen LogP contribution in [0.4, 0.5) is 0 Å². The number of tetrazole rings is 1. The summed E-state index contributed by atoms with van der Waals surface area (Å²) in [5.41, 5.74) is 1.38. The van der Waals surface area contributed by atoms with Crippen LogP contribution in [0.5, 0.6) is 11.5 Å². The molecule has 1 N–H and O–H groups in total. The van der Waals surface area contributed by atoms with Gasteiger partial charge in [0.25, 0.3) is 0 Å². The number of carbonyl (C=O) groups excluding carboxylic acids is 1. The molecule has 9 heteroatoms. The van der Waals surface area contributed by atoms with Crippen LogP contribution >= 0.6 is 11.8 Å². The number of hydrogen-bond acceptors (Lipinski definition) is 8. The van der Waals surface area contributed by atoms with E-state index in [0.717, 1.165) is 5.69 Å². The summed E-state index contributed by atoms with van der Waals surface area (Å²) in [6.45, 7) is 1.55. The van der Waals surface area contributed by atoms with Crippen molar-refractivity contribution in [2.75, 3.05) is 19.5 Å². The second kappa shape index (κ2) is 9.34. The number of ether oxygens (including phenoxy) is 2. The van der Waals surface area contributed by atoms with E-state index in [1.54, 1.807) is 22.9 Å². The molecule has 0 spiro atoms. The number of Topliss-reactive ketones (excluding diaryl/α,β-unsaturated/α-hetero) is 1. The Kier molecular flexibility index (Phi) is 6.62. The Labute approximate surface area is 166 Å². The maximum Gasteiger partial charge on any atom is 0.214 e. The van der Waals surface area contributed by atoms with E-state index in [0.29, 0.717) is 28.0 Å². The minimum Gasteiger partial charge on any atom is -0.493 e. The SMILES string of the molecule is COc1cc(C(C)=O)ccc1OCC(O)CSc1nnnn1-c1ccccc1. The number of para-hydroxylation sites is 1. The number of aliphatic hydroxyl groups excluding tert-OH is 1. The van der Waals surface area contributed by atoms with E-state index in [1.165, 1.54) is 25.8 Å². The van der Waals surface area contributed by atoms with Crippen LogP contribution in [0.1, 0.15) is 17.3 Å². The molecule has 1 aromatic heterocycles. The first kappa shape index (κ1) is 19.8. The molecule has 0 aliphatic heterocycles. The Bertz CT molecular complexity index is 933. The predicted octanol–water partition coefficient (Wildman–Crippen LogP) is 2.41. The number of aliphatic hydroxyl groups is 1. The van der Waals surface area contributed by atoms with Gasteiger partial charge in [-0.2, -0.15) is 4.68 Å². The molecule has 3 rings (SSSR count). The van der Waals surface area contributed by atoms with Gasteiger partial charge in [0, 0.05) is 11.3 Å². The molecular weight excluding hydrogens is 380 g/mol. The van der Waals surface area contributed by atoms with Crippen LogP contribution in [0.15, 0.2) is 53.7 Å². The van der Waals surface area contributed by atoms with E-state index in [1.807, 2.05) is 30.3 Å². The first-order valence-corrected chi connectivity index (χ1v) is 9.53. The molecule has 0 saturated heterocycles. The number of nitrogens with zero attached hydrogens (tertiary/aromatic N) is 4. The number of benzene rings is 2. The average molecular weight is 400 g/mol. The van der Waals surface area contributed by atoms with Crippen LogP contribution in [0.25, 0.3) is 5.69 Å². The molecule has 146 valence electrons. The van der Waals surface area contributed by atoms with Crippen molar-refractivity contribution in [3.63, 3.8) is 0 Å². The standard InChI is InChI=1S/C19H20N4O4S/c1-13(24)14-8-9-17(18(10-14)26-2)27-11-16(25)12-28-19-20-21-22-23(19)15-6-4-3-5-7-15/h3-10,16,25H,11-12H2,1-2H3.